The van der Waals surface area contributed by atoms with Crippen LogP contribution in [0.15, 0.2) is 18.2 Å². The minimum Gasteiger partial charge on any atom is -0.327 e. The van der Waals surface area contributed by atoms with Gasteiger partial charge >= 0.3 is 0 Å². The van der Waals surface area contributed by atoms with Gasteiger partial charge in [-0.2, -0.15) is 0 Å². The number of halogens is 2. The van der Waals surface area contributed by atoms with Crippen molar-refractivity contribution in [2.45, 2.75) is 6.92 Å². The van der Waals surface area contributed by atoms with Crippen molar-refractivity contribution in [3.8, 4) is 0 Å². The maximum absolute atomic E-state index is 13.2. The van der Waals surface area contributed by atoms with E-state index in [9.17, 15) is 4.39 Å². The minimum absolute atomic E-state index is 0.319. The van der Waals surface area contributed by atoms with Crippen molar-refractivity contribution in [3.63, 3.8) is 0 Å². The third-order valence-electron chi connectivity index (χ3n) is 1.74. The quantitative estimate of drug-likeness (QED) is 0.779. The standard InChI is InChI=1S/C10H11ClFN/c1-7-4-5-9(12)8(10(7)11)3-2-6-13/h2-5H,6,13H2,1H3/b3-2+. The Balaban J connectivity index is 3.17. The van der Waals surface area contributed by atoms with E-state index in [-0.39, 0.29) is 5.82 Å². The summed E-state index contributed by atoms with van der Waals surface area (Å²) in [5.41, 5.74) is 6.53. The van der Waals surface area contributed by atoms with E-state index in [0.29, 0.717) is 17.1 Å². The van der Waals surface area contributed by atoms with Crippen molar-refractivity contribution in [1.82, 2.24) is 0 Å². The molecular weight excluding hydrogens is 189 g/mol. The number of hydrogen-bond donors (Lipinski definition) is 1. The van der Waals surface area contributed by atoms with Crippen LogP contribution in [0.2, 0.25) is 5.02 Å². The Bertz CT molecular complexity index is 334. The Labute approximate surface area is 82.0 Å². The summed E-state index contributed by atoms with van der Waals surface area (Å²) in [5.74, 6) is -0.319. The van der Waals surface area contributed by atoms with E-state index in [1.165, 1.54) is 6.07 Å². The average Bonchev–Trinajstić information content (AvgIpc) is 2.12. The zero-order valence-corrected chi connectivity index (χ0v) is 8.11. The van der Waals surface area contributed by atoms with Crippen molar-refractivity contribution in [2.75, 3.05) is 6.54 Å². The lowest BCUT2D eigenvalue weighted by atomic mass is 10.1. The van der Waals surface area contributed by atoms with Gasteiger partial charge in [0.15, 0.2) is 0 Å². The second-order valence-electron chi connectivity index (χ2n) is 2.73. The van der Waals surface area contributed by atoms with Gasteiger partial charge in [-0.1, -0.05) is 29.8 Å². The molecule has 3 heteroatoms. The van der Waals surface area contributed by atoms with Gasteiger partial charge in [-0.05, 0) is 18.6 Å². The topological polar surface area (TPSA) is 26.0 Å². The fraction of sp³-hybridized carbons (Fsp3) is 0.200. The van der Waals surface area contributed by atoms with Crippen LogP contribution in [0, 0.1) is 12.7 Å². The normalized spacial score (nSPS) is 11.1. The lowest BCUT2D eigenvalue weighted by molar-refractivity contribution is 0.624. The predicted octanol–water partition coefficient (Wildman–Crippen LogP) is 2.76. The molecule has 0 spiro atoms. The number of rotatable bonds is 2. The molecule has 1 aromatic rings. The molecule has 1 nitrogen and oxygen atoms in total. The van der Waals surface area contributed by atoms with Gasteiger partial charge in [0.2, 0.25) is 0 Å². The van der Waals surface area contributed by atoms with Crippen molar-refractivity contribution in [2.24, 2.45) is 5.73 Å². The second kappa shape index (κ2) is 4.40. The lowest BCUT2D eigenvalue weighted by Gasteiger charge is -2.03. The molecule has 70 valence electrons. The highest BCUT2D eigenvalue weighted by molar-refractivity contribution is 6.32. The monoisotopic (exact) mass is 199 g/mol. The molecule has 1 rings (SSSR count). The van der Waals surface area contributed by atoms with Crippen LogP contribution < -0.4 is 5.73 Å². The van der Waals surface area contributed by atoms with E-state index in [0.717, 1.165) is 5.56 Å². The zero-order chi connectivity index (χ0) is 9.84. The number of nitrogens with two attached hydrogens (primary N) is 1. The van der Waals surface area contributed by atoms with E-state index >= 15 is 0 Å². The summed E-state index contributed by atoms with van der Waals surface area (Å²) in [6.07, 6.45) is 3.27. The van der Waals surface area contributed by atoms with Crippen molar-refractivity contribution < 1.29 is 4.39 Å². The fourth-order valence-electron chi connectivity index (χ4n) is 1.02. The van der Waals surface area contributed by atoms with Gasteiger partial charge in [0.1, 0.15) is 5.82 Å². The van der Waals surface area contributed by atoms with Crippen LogP contribution in [0.5, 0.6) is 0 Å². The van der Waals surface area contributed by atoms with Crippen LogP contribution >= 0.6 is 11.6 Å². The van der Waals surface area contributed by atoms with Crippen LogP contribution in [0.4, 0.5) is 4.39 Å². The molecular formula is C10H11ClFN. The predicted molar refractivity (Wildman–Crippen MR) is 54.2 cm³/mol. The highest BCUT2D eigenvalue weighted by Gasteiger charge is 2.05. The second-order valence-corrected chi connectivity index (χ2v) is 3.11. The van der Waals surface area contributed by atoms with E-state index in [2.05, 4.69) is 0 Å². The highest BCUT2D eigenvalue weighted by atomic mass is 35.5. The molecule has 0 saturated carbocycles. The molecule has 0 saturated heterocycles. The molecule has 0 aliphatic carbocycles. The summed E-state index contributed by atoms with van der Waals surface area (Å²) >= 11 is 5.90. The molecule has 0 heterocycles. The van der Waals surface area contributed by atoms with Crippen molar-refractivity contribution in [1.29, 1.82) is 0 Å². The first-order chi connectivity index (χ1) is 6.16. The summed E-state index contributed by atoms with van der Waals surface area (Å²) in [7, 11) is 0. The van der Waals surface area contributed by atoms with Gasteiger partial charge < -0.3 is 5.73 Å². The first kappa shape index (κ1) is 10.2. The van der Waals surface area contributed by atoms with Gasteiger partial charge in [-0.15, -0.1) is 0 Å². The summed E-state index contributed by atoms with van der Waals surface area (Å²) in [5, 5.41) is 0.449. The Kier molecular flexibility index (Phi) is 3.46. The number of benzene rings is 1. The molecule has 13 heavy (non-hydrogen) atoms. The van der Waals surface area contributed by atoms with Gasteiger partial charge in [0, 0.05) is 12.1 Å². The van der Waals surface area contributed by atoms with Crippen LogP contribution in [0.3, 0.4) is 0 Å². The molecule has 0 atom stereocenters. The SMILES string of the molecule is Cc1ccc(F)c(/C=C/CN)c1Cl. The first-order valence-corrected chi connectivity index (χ1v) is 4.36. The Hall–Kier alpha value is -0.860. The molecule has 0 aliphatic heterocycles. The van der Waals surface area contributed by atoms with E-state index < -0.39 is 0 Å². The van der Waals surface area contributed by atoms with Crippen LogP contribution in [-0.4, -0.2) is 6.54 Å². The molecule has 1 aromatic carbocycles. The number of aryl methyl sites for hydroxylation is 1. The van der Waals surface area contributed by atoms with Crippen LogP contribution in [0.25, 0.3) is 6.08 Å². The molecule has 0 aliphatic rings. The molecule has 0 bridgehead atoms. The van der Waals surface area contributed by atoms with Gasteiger partial charge in [0.05, 0.1) is 5.02 Å². The Morgan fingerprint density at radius 3 is 2.85 bits per heavy atom. The maximum atomic E-state index is 13.2. The van der Waals surface area contributed by atoms with Crippen LogP contribution in [0.1, 0.15) is 11.1 Å². The third-order valence-corrected chi connectivity index (χ3v) is 2.24. The van der Waals surface area contributed by atoms with Crippen LogP contribution in [-0.2, 0) is 0 Å². The summed E-state index contributed by atoms with van der Waals surface area (Å²) in [6, 6.07) is 3.05. The molecule has 0 unspecified atom stereocenters. The van der Waals surface area contributed by atoms with Crippen molar-refractivity contribution in [3.05, 3.63) is 40.2 Å². The third kappa shape index (κ3) is 2.29. The lowest BCUT2D eigenvalue weighted by Crippen LogP contribution is -1.93. The number of hydrogen-bond acceptors (Lipinski definition) is 1. The van der Waals surface area contributed by atoms with Crippen molar-refractivity contribution >= 4 is 17.7 Å². The smallest absolute Gasteiger partial charge is 0.131 e. The summed E-state index contributed by atoms with van der Waals surface area (Å²) in [4.78, 5) is 0. The molecule has 0 aromatic heterocycles. The summed E-state index contributed by atoms with van der Waals surface area (Å²) < 4.78 is 13.2. The maximum Gasteiger partial charge on any atom is 0.131 e. The largest absolute Gasteiger partial charge is 0.327 e. The van der Waals surface area contributed by atoms with Gasteiger partial charge in [-0.25, -0.2) is 4.39 Å². The molecule has 0 amide bonds. The molecule has 2 N–H and O–H groups in total. The average molecular weight is 200 g/mol. The molecule has 0 radical (unpaired) electrons. The van der Waals surface area contributed by atoms with E-state index in [4.69, 9.17) is 17.3 Å². The first-order valence-electron chi connectivity index (χ1n) is 3.98. The van der Waals surface area contributed by atoms with Gasteiger partial charge in [-0.3, -0.25) is 0 Å². The van der Waals surface area contributed by atoms with E-state index in [1.54, 1.807) is 18.2 Å². The van der Waals surface area contributed by atoms with E-state index in [1.807, 2.05) is 6.92 Å². The Morgan fingerprint density at radius 2 is 2.23 bits per heavy atom. The Morgan fingerprint density at radius 1 is 1.54 bits per heavy atom. The zero-order valence-electron chi connectivity index (χ0n) is 7.35. The minimum atomic E-state index is -0.319. The van der Waals surface area contributed by atoms with Gasteiger partial charge in [0.25, 0.3) is 0 Å². The fourth-order valence-corrected chi connectivity index (χ4v) is 1.23. The molecule has 0 fully saturated rings. The highest BCUT2D eigenvalue weighted by Crippen LogP contribution is 2.24. The summed E-state index contributed by atoms with van der Waals surface area (Å²) in [6.45, 7) is 2.21.